The summed E-state index contributed by atoms with van der Waals surface area (Å²) in [6, 6.07) is 25.7. The second-order valence-electron chi connectivity index (χ2n) is 7.69. The summed E-state index contributed by atoms with van der Waals surface area (Å²) in [6.45, 7) is 0.378. The highest BCUT2D eigenvalue weighted by atomic mass is 79.9. The fourth-order valence-corrected chi connectivity index (χ4v) is 3.89. The molecular weight excluding hydrogens is 579 g/mol. The van der Waals surface area contributed by atoms with Gasteiger partial charge in [0.1, 0.15) is 18.1 Å². The van der Waals surface area contributed by atoms with Crippen LogP contribution in [0.5, 0.6) is 11.5 Å². The fraction of sp³-hybridized carbons (Fsp3) is 0.0357. The van der Waals surface area contributed by atoms with Crippen molar-refractivity contribution in [2.24, 2.45) is 5.10 Å². The summed E-state index contributed by atoms with van der Waals surface area (Å²) >= 11 is 15.4. The molecular formula is C28H19BrCl2N2O4. The summed E-state index contributed by atoms with van der Waals surface area (Å²) in [6.07, 6.45) is 1.39. The molecule has 0 saturated heterocycles. The van der Waals surface area contributed by atoms with Crippen LogP contribution in [-0.4, -0.2) is 18.1 Å². The third-order valence-electron chi connectivity index (χ3n) is 5.07. The molecule has 0 fully saturated rings. The molecule has 0 heterocycles. The molecule has 0 aliphatic heterocycles. The van der Waals surface area contributed by atoms with E-state index < -0.39 is 11.9 Å². The Morgan fingerprint density at radius 1 is 0.919 bits per heavy atom. The minimum atomic E-state index is -0.607. The second-order valence-corrected chi connectivity index (χ2v) is 9.45. The molecule has 0 bridgehead atoms. The van der Waals surface area contributed by atoms with Gasteiger partial charge in [-0.3, -0.25) is 4.79 Å². The Bertz CT molecular complexity index is 1440. The maximum atomic E-state index is 12.6. The van der Waals surface area contributed by atoms with E-state index in [1.165, 1.54) is 6.21 Å². The van der Waals surface area contributed by atoms with Crippen molar-refractivity contribution in [2.75, 3.05) is 0 Å². The smallest absolute Gasteiger partial charge is 0.345 e. The molecule has 6 nitrogen and oxygen atoms in total. The number of esters is 1. The molecule has 9 heteroatoms. The Labute approximate surface area is 232 Å². The van der Waals surface area contributed by atoms with E-state index in [9.17, 15) is 9.59 Å². The molecule has 0 atom stereocenters. The zero-order chi connectivity index (χ0) is 26.2. The van der Waals surface area contributed by atoms with Crippen LogP contribution < -0.4 is 14.9 Å². The molecule has 1 N–H and O–H groups in total. The lowest BCUT2D eigenvalue weighted by atomic mass is 10.2. The van der Waals surface area contributed by atoms with Crippen molar-refractivity contribution >= 4 is 57.2 Å². The molecule has 0 aliphatic carbocycles. The van der Waals surface area contributed by atoms with Gasteiger partial charge in [-0.1, -0.05) is 63.4 Å². The number of halogens is 3. The lowest BCUT2D eigenvalue weighted by molar-refractivity contribution is 0.0734. The Kier molecular flexibility index (Phi) is 8.95. The Balaban J connectivity index is 1.37. The summed E-state index contributed by atoms with van der Waals surface area (Å²) in [5, 5.41) is 4.97. The van der Waals surface area contributed by atoms with E-state index >= 15 is 0 Å². The molecule has 37 heavy (non-hydrogen) atoms. The predicted octanol–water partition coefficient (Wildman–Crippen LogP) is 7.32. The van der Waals surface area contributed by atoms with Gasteiger partial charge in [0.2, 0.25) is 0 Å². The average molecular weight is 598 g/mol. The van der Waals surface area contributed by atoms with Crippen LogP contribution in [0.1, 0.15) is 31.8 Å². The van der Waals surface area contributed by atoms with Gasteiger partial charge in [-0.05, 0) is 72.3 Å². The lowest BCUT2D eigenvalue weighted by Crippen LogP contribution is -2.17. The van der Waals surface area contributed by atoms with Gasteiger partial charge in [-0.2, -0.15) is 5.10 Å². The topological polar surface area (TPSA) is 77.0 Å². The van der Waals surface area contributed by atoms with Crippen LogP contribution in [0.3, 0.4) is 0 Å². The molecule has 0 radical (unpaired) electrons. The third kappa shape index (κ3) is 7.43. The zero-order valence-corrected chi connectivity index (χ0v) is 22.3. The largest absolute Gasteiger partial charge is 0.489 e. The molecule has 4 aromatic carbocycles. The van der Waals surface area contributed by atoms with Gasteiger partial charge in [0.05, 0.1) is 16.8 Å². The Hall–Kier alpha value is -3.65. The van der Waals surface area contributed by atoms with E-state index in [1.807, 2.05) is 12.1 Å². The molecule has 4 aromatic rings. The summed E-state index contributed by atoms with van der Waals surface area (Å²) in [4.78, 5) is 25.1. The highest BCUT2D eigenvalue weighted by molar-refractivity contribution is 9.10. The second kappa shape index (κ2) is 12.5. The SMILES string of the molecule is O=C(N/N=C\c1cc(Br)ccc1OC(=O)c1ccccc1Cl)c1ccc(OCc2ccc(Cl)cc2)cc1. The minimum absolute atomic E-state index is 0.240. The number of carbonyl (C=O) groups excluding carboxylic acids is 2. The summed E-state index contributed by atoms with van der Waals surface area (Å²) < 4.78 is 12.0. The third-order valence-corrected chi connectivity index (χ3v) is 6.15. The Morgan fingerprint density at radius 3 is 2.38 bits per heavy atom. The van der Waals surface area contributed by atoms with Gasteiger partial charge in [-0.15, -0.1) is 0 Å². The average Bonchev–Trinajstić information content (AvgIpc) is 2.90. The van der Waals surface area contributed by atoms with Gasteiger partial charge >= 0.3 is 5.97 Å². The quantitative estimate of drug-likeness (QED) is 0.0999. The highest BCUT2D eigenvalue weighted by Crippen LogP contribution is 2.24. The first-order valence-electron chi connectivity index (χ1n) is 11.0. The van der Waals surface area contributed by atoms with E-state index in [4.69, 9.17) is 32.7 Å². The van der Waals surface area contributed by atoms with Crippen LogP contribution in [-0.2, 0) is 6.61 Å². The predicted molar refractivity (Wildman–Crippen MR) is 148 cm³/mol. The number of hydrogen-bond acceptors (Lipinski definition) is 5. The highest BCUT2D eigenvalue weighted by Gasteiger charge is 2.14. The van der Waals surface area contributed by atoms with E-state index in [2.05, 4.69) is 26.5 Å². The number of nitrogens with zero attached hydrogens (tertiary/aromatic N) is 1. The lowest BCUT2D eigenvalue weighted by Gasteiger charge is -2.09. The standard InChI is InChI=1S/C28H19BrCl2N2O4/c29-21-9-14-26(37-28(35)24-3-1-2-4-25(24)31)20(15-21)16-32-33-27(34)19-7-12-23(13-8-19)36-17-18-5-10-22(30)11-6-18/h1-16H,17H2,(H,33,34)/b32-16-. The van der Waals surface area contributed by atoms with Crippen molar-refractivity contribution < 1.29 is 19.1 Å². The molecule has 4 rings (SSSR count). The normalized spacial score (nSPS) is 10.8. The van der Waals surface area contributed by atoms with Gasteiger partial charge in [0.15, 0.2) is 0 Å². The maximum Gasteiger partial charge on any atom is 0.345 e. The molecule has 0 aliphatic rings. The first kappa shape index (κ1) is 26.4. The number of hydrazone groups is 1. The van der Waals surface area contributed by atoms with Crippen LogP contribution in [0.25, 0.3) is 0 Å². The van der Waals surface area contributed by atoms with Gasteiger partial charge < -0.3 is 9.47 Å². The van der Waals surface area contributed by atoms with Crippen molar-refractivity contribution in [3.05, 3.63) is 128 Å². The van der Waals surface area contributed by atoms with E-state index in [-0.39, 0.29) is 16.3 Å². The Morgan fingerprint density at radius 2 is 1.65 bits per heavy atom. The molecule has 0 unspecified atom stereocenters. The zero-order valence-electron chi connectivity index (χ0n) is 19.2. The van der Waals surface area contributed by atoms with Crippen LogP contribution in [0.15, 0.2) is 101 Å². The van der Waals surface area contributed by atoms with E-state index in [0.29, 0.717) is 28.5 Å². The molecule has 0 aromatic heterocycles. The first-order valence-corrected chi connectivity index (χ1v) is 12.5. The molecule has 0 spiro atoms. The number of nitrogens with one attached hydrogen (secondary N) is 1. The summed E-state index contributed by atoms with van der Waals surface area (Å²) in [7, 11) is 0. The van der Waals surface area contributed by atoms with Crippen molar-refractivity contribution in [1.82, 2.24) is 5.43 Å². The summed E-state index contributed by atoms with van der Waals surface area (Å²) in [5.41, 5.74) is 4.56. The first-order chi connectivity index (χ1) is 17.9. The number of amides is 1. The monoisotopic (exact) mass is 596 g/mol. The fourth-order valence-electron chi connectivity index (χ4n) is 3.17. The number of benzene rings is 4. The molecule has 0 saturated carbocycles. The van der Waals surface area contributed by atoms with Crippen LogP contribution in [0, 0.1) is 0 Å². The molecule has 1 amide bonds. The van der Waals surface area contributed by atoms with Gasteiger partial charge in [-0.25, -0.2) is 10.2 Å². The maximum absolute atomic E-state index is 12.6. The van der Waals surface area contributed by atoms with Crippen LogP contribution in [0.2, 0.25) is 10.0 Å². The van der Waals surface area contributed by atoms with Gasteiger partial charge in [0.25, 0.3) is 5.91 Å². The van der Waals surface area contributed by atoms with Crippen molar-refractivity contribution in [2.45, 2.75) is 6.61 Å². The number of carbonyl (C=O) groups is 2. The van der Waals surface area contributed by atoms with E-state index in [1.54, 1.807) is 78.9 Å². The van der Waals surface area contributed by atoms with Crippen molar-refractivity contribution in [3.63, 3.8) is 0 Å². The van der Waals surface area contributed by atoms with Crippen LogP contribution in [0.4, 0.5) is 0 Å². The van der Waals surface area contributed by atoms with Gasteiger partial charge in [0, 0.05) is 20.6 Å². The number of ether oxygens (including phenoxy) is 2. The molecule has 186 valence electrons. The van der Waals surface area contributed by atoms with Crippen molar-refractivity contribution in [1.29, 1.82) is 0 Å². The summed E-state index contributed by atoms with van der Waals surface area (Å²) in [5.74, 6) is -0.141. The number of hydrogen-bond donors (Lipinski definition) is 1. The minimum Gasteiger partial charge on any atom is -0.489 e. The van der Waals surface area contributed by atoms with Crippen molar-refractivity contribution in [3.8, 4) is 11.5 Å². The van der Waals surface area contributed by atoms with Crippen LogP contribution >= 0.6 is 39.1 Å². The number of rotatable bonds is 8. The van der Waals surface area contributed by atoms with E-state index in [0.717, 1.165) is 10.0 Å².